The molecule has 0 radical (unpaired) electrons. The minimum Gasteiger partial charge on any atom is -0.497 e. The third kappa shape index (κ3) is 1.95. The molecular weight excluding hydrogens is 234 g/mol. The normalized spacial score (nSPS) is 10.2. The van der Waals surface area contributed by atoms with E-state index in [1.807, 2.05) is 0 Å². The number of methoxy groups -OCH3 is 3. The molecule has 2 aromatic rings. The molecule has 0 N–H and O–H groups in total. The van der Waals surface area contributed by atoms with Gasteiger partial charge in [0.15, 0.2) is 5.69 Å². The van der Waals surface area contributed by atoms with Crippen molar-refractivity contribution in [3.8, 4) is 11.5 Å². The topological polar surface area (TPSA) is 57.7 Å². The average molecular weight is 247 g/mol. The summed E-state index contributed by atoms with van der Waals surface area (Å²) in [6, 6.07) is 5.26. The largest absolute Gasteiger partial charge is 0.497 e. The lowest BCUT2D eigenvalue weighted by atomic mass is 10.1. The Morgan fingerprint density at radius 1 is 1.11 bits per heavy atom. The van der Waals surface area contributed by atoms with Crippen LogP contribution < -0.4 is 9.47 Å². The second kappa shape index (κ2) is 4.91. The first-order valence-electron chi connectivity index (χ1n) is 5.30. The second-order valence-electron chi connectivity index (χ2n) is 3.58. The number of esters is 1. The number of pyridine rings is 1. The van der Waals surface area contributed by atoms with E-state index in [2.05, 4.69) is 4.98 Å². The maximum Gasteiger partial charge on any atom is 0.357 e. The van der Waals surface area contributed by atoms with E-state index in [1.165, 1.54) is 7.11 Å². The first kappa shape index (κ1) is 12.2. The lowest BCUT2D eigenvalue weighted by Crippen LogP contribution is -2.05. The molecule has 5 nitrogen and oxygen atoms in total. The van der Waals surface area contributed by atoms with Gasteiger partial charge in [-0.2, -0.15) is 0 Å². The SMILES string of the molecule is COC(=O)c1nccc2c(OC)cc(OC)cc12. The molecule has 1 aromatic heterocycles. The van der Waals surface area contributed by atoms with Gasteiger partial charge in [0.05, 0.1) is 21.3 Å². The van der Waals surface area contributed by atoms with Crippen molar-refractivity contribution in [2.24, 2.45) is 0 Å². The number of nitrogens with zero attached hydrogens (tertiary/aromatic N) is 1. The van der Waals surface area contributed by atoms with Crippen LogP contribution in [-0.4, -0.2) is 32.3 Å². The zero-order valence-electron chi connectivity index (χ0n) is 10.4. The molecule has 0 amide bonds. The Bertz CT molecular complexity index is 595. The maximum atomic E-state index is 11.7. The predicted octanol–water partition coefficient (Wildman–Crippen LogP) is 2.04. The first-order chi connectivity index (χ1) is 8.71. The summed E-state index contributed by atoms with van der Waals surface area (Å²) in [5, 5.41) is 1.43. The van der Waals surface area contributed by atoms with Crippen LogP contribution in [0.15, 0.2) is 24.4 Å². The summed E-state index contributed by atoms with van der Waals surface area (Å²) >= 11 is 0. The van der Waals surface area contributed by atoms with Crippen molar-refractivity contribution in [1.29, 1.82) is 0 Å². The molecule has 0 aliphatic heterocycles. The standard InChI is InChI=1S/C13H13NO4/c1-16-8-6-10-9(11(7-8)17-2)4-5-14-12(10)13(15)18-3/h4-7H,1-3H3. The van der Waals surface area contributed by atoms with Crippen molar-refractivity contribution in [3.05, 3.63) is 30.1 Å². The monoisotopic (exact) mass is 247 g/mol. The quantitative estimate of drug-likeness (QED) is 0.777. The number of benzene rings is 1. The highest BCUT2D eigenvalue weighted by molar-refractivity contribution is 6.04. The molecule has 18 heavy (non-hydrogen) atoms. The Morgan fingerprint density at radius 2 is 1.89 bits per heavy atom. The summed E-state index contributed by atoms with van der Waals surface area (Å²) < 4.78 is 15.2. The number of fused-ring (bicyclic) bond motifs is 1. The maximum absolute atomic E-state index is 11.7. The van der Waals surface area contributed by atoms with Gasteiger partial charge in [-0.05, 0) is 12.1 Å². The molecule has 0 aliphatic carbocycles. The molecule has 0 bridgehead atoms. The van der Waals surface area contributed by atoms with Crippen LogP contribution in [0.4, 0.5) is 0 Å². The molecule has 1 heterocycles. The minimum atomic E-state index is -0.490. The number of hydrogen-bond donors (Lipinski definition) is 0. The van der Waals surface area contributed by atoms with Gasteiger partial charge < -0.3 is 14.2 Å². The van der Waals surface area contributed by atoms with Crippen molar-refractivity contribution in [2.75, 3.05) is 21.3 Å². The van der Waals surface area contributed by atoms with Crippen LogP contribution in [0.25, 0.3) is 10.8 Å². The molecule has 0 spiro atoms. The second-order valence-corrected chi connectivity index (χ2v) is 3.58. The van der Waals surface area contributed by atoms with Gasteiger partial charge >= 0.3 is 5.97 Å². The van der Waals surface area contributed by atoms with Crippen LogP contribution in [0, 0.1) is 0 Å². The Morgan fingerprint density at radius 3 is 2.50 bits per heavy atom. The summed E-state index contributed by atoms with van der Waals surface area (Å²) in [7, 11) is 4.43. The van der Waals surface area contributed by atoms with Crippen LogP contribution in [0.2, 0.25) is 0 Å². The highest BCUT2D eigenvalue weighted by Crippen LogP contribution is 2.32. The van der Waals surface area contributed by atoms with Crippen molar-refractivity contribution in [1.82, 2.24) is 4.98 Å². The summed E-state index contributed by atoms with van der Waals surface area (Å²) in [6.45, 7) is 0. The molecule has 0 atom stereocenters. The molecular formula is C13H13NO4. The first-order valence-corrected chi connectivity index (χ1v) is 5.30. The summed E-state index contributed by atoms with van der Waals surface area (Å²) in [4.78, 5) is 15.7. The van der Waals surface area contributed by atoms with Gasteiger partial charge in [-0.3, -0.25) is 0 Å². The number of rotatable bonds is 3. The van der Waals surface area contributed by atoms with E-state index in [4.69, 9.17) is 14.2 Å². The lowest BCUT2D eigenvalue weighted by molar-refractivity contribution is 0.0596. The Labute approximate surface area is 104 Å². The third-order valence-corrected chi connectivity index (χ3v) is 2.65. The highest BCUT2D eigenvalue weighted by atomic mass is 16.5. The minimum absolute atomic E-state index is 0.243. The van der Waals surface area contributed by atoms with E-state index >= 15 is 0 Å². The number of aromatic nitrogens is 1. The number of carbonyl (C=O) groups excluding carboxylic acids is 1. The van der Waals surface area contributed by atoms with Gasteiger partial charge in [-0.25, -0.2) is 9.78 Å². The molecule has 1 aromatic carbocycles. The molecule has 0 aliphatic rings. The van der Waals surface area contributed by atoms with Crippen LogP contribution in [-0.2, 0) is 4.74 Å². The van der Waals surface area contributed by atoms with E-state index in [0.717, 1.165) is 5.39 Å². The van der Waals surface area contributed by atoms with Gasteiger partial charge in [-0.15, -0.1) is 0 Å². The van der Waals surface area contributed by atoms with E-state index in [1.54, 1.807) is 38.6 Å². The van der Waals surface area contributed by atoms with Crippen molar-refractivity contribution in [2.45, 2.75) is 0 Å². The summed E-state index contributed by atoms with van der Waals surface area (Å²) in [5.41, 5.74) is 0.243. The van der Waals surface area contributed by atoms with Gasteiger partial charge in [0.25, 0.3) is 0 Å². The third-order valence-electron chi connectivity index (χ3n) is 2.65. The van der Waals surface area contributed by atoms with Crippen molar-refractivity contribution in [3.63, 3.8) is 0 Å². The molecule has 5 heteroatoms. The molecule has 0 fully saturated rings. The molecule has 2 rings (SSSR count). The Kier molecular flexibility index (Phi) is 3.32. The van der Waals surface area contributed by atoms with Crippen molar-refractivity contribution >= 4 is 16.7 Å². The van der Waals surface area contributed by atoms with Crippen LogP contribution in [0.3, 0.4) is 0 Å². The summed E-state index contributed by atoms with van der Waals surface area (Å²) in [5.74, 6) is 0.727. The van der Waals surface area contributed by atoms with E-state index in [9.17, 15) is 4.79 Å². The van der Waals surface area contributed by atoms with Crippen LogP contribution in [0.5, 0.6) is 11.5 Å². The number of carbonyl (C=O) groups is 1. The number of ether oxygens (including phenoxy) is 3. The smallest absolute Gasteiger partial charge is 0.357 e. The van der Waals surface area contributed by atoms with Gasteiger partial charge in [0.2, 0.25) is 0 Å². The molecule has 0 unspecified atom stereocenters. The predicted molar refractivity (Wildman–Crippen MR) is 66.2 cm³/mol. The fourth-order valence-corrected chi connectivity index (χ4v) is 1.77. The Hall–Kier alpha value is -2.30. The molecule has 0 saturated heterocycles. The fraction of sp³-hybridized carbons (Fsp3) is 0.231. The highest BCUT2D eigenvalue weighted by Gasteiger charge is 2.15. The van der Waals surface area contributed by atoms with E-state index in [0.29, 0.717) is 16.9 Å². The number of hydrogen-bond acceptors (Lipinski definition) is 5. The zero-order chi connectivity index (χ0) is 13.1. The van der Waals surface area contributed by atoms with Crippen molar-refractivity contribution < 1.29 is 19.0 Å². The van der Waals surface area contributed by atoms with E-state index < -0.39 is 5.97 Å². The fourth-order valence-electron chi connectivity index (χ4n) is 1.77. The van der Waals surface area contributed by atoms with Crippen LogP contribution >= 0.6 is 0 Å². The molecule has 94 valence electrons. The lowest BCUT2D eigenvalue weighted by Gasteiger charge is -2.10. The average Bonchev–Trinajstić information content (AvgIpc) is 2.44. The van der Waals surface area contributed by atoms with Crippen LogP contribution in [0.1, 0.15) is 10.5 Å². The zero-order valence-corrected chi connectivity index (χ0v) is 10.4. The van der Waals surface area contributed by atoms with Gasteiger partial charge in [0, 0.05) is 23.0 Å². The van der Waals surface area contributed by atoms with Gasteiger partial charge in [-0.1, -0.05) is 0 Å². The molecule has 0 saturated carbocycles. The summed E-state index contributed by atoms with van der Waals surface area (Å²) in [6.07, 6.45) is 1.55. The van der Waals surface area contributed by atoms with Gasteiger partial charge in [0.1, 0.15) is 11.5 Å². The Balaban J connectivity index is 2.78. The van der Waals surface area contributed by atoms with E-state index in [-0.39, 0.29) is 5.69 Å².